The summed E-state index contributed by atoms with van der Waals surface area (Å²) in [7, 11) is 0. The molecule has 3 aromatic rings. The summed E-state index contributed by atoms with van der Waals surface area (Å²) in [5.41, 5.74) is 1.42. The molecular weight excluding hydrogens is 394 g/mol. The van der Waals surface area contributed by atoms with Gasteiger partial charge >= 0.3 is 0 Å². The first-order valence-corrected chi connectivity index (χ1v) is 10.1. The maximum absolute atomic E-state index is 12.2. The molecule has 1 N–H and O–H groups in total. The molecule has 150 valence electrons. The van der Waals surface area contributed by atoms with Gasteiger partial charge in [-0.1, -0.05) is 11.8 Å². The number of fused-ring (bicyclic) bond motifs is 1. The second-order valence-electron chi connectivity index (χ2n) is 6.03. The average molecular weight is 413 g/mol. The van der Waals surface area contributed by atoms with Crippen LogP contribution in [0.2, 0.25) is 0 Å². The third kappa shape index (κ3) is 4.80. The van der Waals surface area contributed by atoms with Crippen LogP contribution in [0.5, 0.6) is 17.2 Å². The van der Waals surface area contributed by atoms with E-state index in [4.69, 9.17) is 18.6 Å². The molecule has 4 rings (SSSR count). The van der Waals surface area contributed by atoms with Gasteiger partial charge in [0.1, 0.15) is 19.0 Å². The molecule has 2 aromatic carbocycles. The topological polar surface area (TPSA) is 95.7 Å². The molecule has 29 heavy (non-hydrogen) atoms. The molecule has 8 nitrogen and oxygen atoms in total. The van der Waals surface area contributed by atoms with Gasteiger partial charge in [0.15, 0.2) is 11.5 Å². The van der Waals surface area contributed by atoms with Crippen molar-refractivity contribution in [2.45, 2.75) is 12.1 Å². The minimum atomic E-state index is -0.188. The molecule has 1 aliphatic heterocycles. The van der Waals surface area contributed by atoms with E-state index in [-0.39, 0.29) is 11.7 Å². The fourth-order valence-corrected chi connectivity index (χ4v) is 3.25. The van der Waals surface area contributed by atoms with Crippen LogP contribution in [0.15, 0.2) is 52.1 Å². The van der Waals surface area contributed by atoms with Crippen molar-refractivity contribution >= 4 is 23.4 Å². The number of thioether (sulfide) groups is 1. The number of benzene rings is 2. The number of hydrogen-bond donors (Lipinski definition) is 1. The second kappa shape index (κ2) is 8.87. The van der Waals surface area contributed by atoms with Gasteiger partial charge in [-0.15, -0.1) is 10.2 Å². The number of aromatic nitrogens is 2. The number of amides is 1. The molecule has 2 heterocycles. The van der Waals surface area contributed by atoms with Crippen molar-refractivity contribution in [3.05, 3.63) is 42.5 Å². The molecule has 1 aromatic heterocycles. The van der Waals surface area contributed by atoms with Crippen LogP contribution in [0, 0.1) is 0 Å². The fourth-order valence-electron chi connectivity index (χ4n) is 2.69. The summed E-state index contributed by atoms with van der Waals surface area (Å²) in [5, 5.41) is 11.2. The van der Waals surface area contributed by atoms with Crippen molar-refractivity contribution in [2.75, 3.05) is 30.9 Å². The maximum atomic E-state index is 12.2. The Labute approximate surface area is 171 Å². The van der Waals surface area contributed by atoms with Crippen LogP contribution >= 0.6 is 11.8 Å². The first-order chi connectivity index (χ1) is 14.2. The molecule has 0 saturated carbocycles. The van der Waals surface area contributed by atoms with Crippen LogP contribution in [0.25, 0.3) is 11.5 Å². The summed E-state index contributed by atoms with van der Waals surface area (Å²) in [5.74, 6) is 2.42. The minimum Gasteiger partial charge on any atom is -0.494 e. The standard InChI is InChI=1S/C20H19N3O5S/c1-2-25-15-6-3-13(4-7-15)19-22-23-20(28-19)29-12-18(24)21-14-5-8-16-17(11-14)27-10-9-26-16/h3-8,11H,2,9-10,12H2,1H3,(H,21,24). The quantitative estimate of drug-likeness (QED) is 0.587. The molecule has 0 fully saturated rings. The highest BCUT2D eigenvalue weighted by Gasteiger charge is 2.14. The Kier molecular flexibility index (Phi) is 5.85. The number of carbonyl (C=O) groups is 1. The van der Waals surface area contributed by atoms with Gasteiger partial charge in [-0.2, -0.15) is 0 Å². The summed E-state index contributed by atoms with van der Waals surface area (Å²) >= 11 is 1.17. The van der Waals surface area contributed by atoms with Gasteiger partial charge in [0.05, 0.1) is 12.4 Å². The van der Waals surface area contributed by atoms with Gasteiger partial charge < -0.3 is 23.9 Å². The SMILES string of the molecule is CCOc1ccc(-c2nnc(SCC(=O)Nc3ccc4c(c3)OCCO4)o2)cc1. The first kappa shape index (κ1) is 19.1. The highest BCUT2D eigenvalue weighted by Crippen LogP contribution is 2.32. The van der Waals surface area contributed by atoms with Crippen molar-refractivity contribution in [2.24, 2.45) is 0 Å². The Morgan fingerprint density at radius 3 is 2.69 bits per heavy atom. The minimum absolute atomic E-state index is 0.138. The first-order valence-electron chi connectivity index (χ1n) is 9.10. The Morgan fingerprint density at radius 2 is 1.90 bits per heavy atom. The number of rotatable bonds is 7. The molecule has 9 heteroatoms. The van der Waals surface area contributed by atoms with Crippen LogP contribution in [-0.2, 0) is 4.79 Å². The summed E-state index contributed by atoms with van der Waals surface area (Å²) in [6.07, 6.45) is 0. The van der Waals surface area contributed by atoms with Gasteiger partial charge in [-0.05, 0) is 43.3 Å². The lowest BCUT2D eigenvalue weighted by Gasteiger charge is -2.18. The summed E-state index contributed by atoms with van der Waals surface area (Å²) < 4.78 is 22.0. The fraction of sp³-hybridized carbons (Fsp3) is 0.250. The van der Waals surface area contributed by atoms with E-state index in [2.05, 4.69) is 15.5 Å². The zero-order valence-electron chi connectivity index (χ0n) is 15.7. The highest BCUT2D eigenvalue weighted by atomic mass is 32.2. The van der Waals surface area contributed by atoms with E-state index in [1.807, 2.05) is 31.2 Å². The van der Waals surface area contributed by atoms with Gasteiger partial charge in [0.25, 0.3) is 5.22 Å². The molecule has 0 unspecified atom stereocenters. The lowest BCUT2D eigenvalue weighted by atomic mass is 10.2. The molecule has 0 atom stereocenters. The normalized spacial score (nSPS) is 12.4. The molecule has 0 bridgehead atoms. The molecule has 1 aliphatic rings. The molecule has 0 saturated heterocycles. The van der Waals surface area contributed by atoms with E-state index >= 15 is 0 Å². The largest absolute Gasteiger partial charge is 0.494 e. The van der Waals surface area contributed by atoms with Crippen LogP contribution in [0.3, 0.4) is 0 Å². The third-order valence-electron chi connectivity index (χ3n) is 3.97. The number of ether oxygens (including phenoxy) is 3. The third-order valence-corrected chi connectivity index (χ3v) is 4.79. The van der Waals surface area contributed by atoms with E-state index in [0.29, 0.717) is 48.1 Å². The van der Waals surface area contributed by atoms with Crippen molar-refractivity contribution in [3.8, 4) is 28.7 Å². The number of anilines is 1. The lowest BCUT2D eigenvalue weighted by molar-refractivity contribution is -0.113. The van der Waals surface area contributed by atoms with Crippen molar-refractivity contribution in [1.82, 2.24) is 10.2 Å². The number of nitrogens with zero attached hydrogens (tertiary/aromatic N) is 2. The molecule has 0 spiro atoms. The van der Waals surface area contributed by atoms with Gasteiger partial charge in [0.2, 0.25) is 11.8 Å². The Bertz CT molecular complexity index is 990. The number of nitrogens with one attached hydrogen (secondary N) is 1. The van der Waals surface area contributed by atoms with E-state index in [1.165, 1.54) is 11.8 Å². The van der Waals surface area contributed by atoms with E-state index in [0.717, 1.165) is 11.3 Å². The zero-order valence-corrected chi connectivity index (χ0v) is 16.5. The summed E-state index contributed by atoms with van der Waals surface area (Å²) in [6, 6.07) is 12.7. The Hall–Kier alpha value is -3.20. The lowest BCUT2D eigenvalue weighted by Crippen LogP contribution is -2.17. The van der Waals surface area contributed by atoms with E-state index in [1.54, 1.807) is 18.2 Å². The van der Waals surface area contributed by atoms with Crippen LogP contribution in [0.1, 0.15) is 6.92 Å². The smallest absolute Gasteiger partial charge is 0.277 e. The maximum Gasteiger partial charge on any atom is 0.277 e. The molecule has 0 aliphatic carbocycles. The molecule has 1 amide bonds. The predicted octanol–water partition coefficient (Wildman–Crippen LogP) is 3.64. The van der Waals surface area contributed by atoms with Crippen LogP contribution < -0.4 is 19.5 Å². The van der Waals surface area contributed by atoms with Gasteiger partial charge in [-0.3, -0.25) is 4.79 Å². The highest BCUT2D eigenvalue weighted by molar-refractivity contribution is 7.99. The predicted molar refractivity (Wildman–Crippen MR) is 108 cm³/mol. The zero-order chi connectivity index (χ0) is 20.1. The van der Waals surface area contributed by atoms with Crippen molar-refractivity contribution in [1.29, 1.82) is 0 Å². The Morgan fingerprint density at radius 1 is 1.10 bits per heavy atom. The number of carbonyl (C=O) groups excluding carboxylic acids is 1. The summed E-state index contributed by atoms with van der Waals surface area (Å²) in [6.45, 7) is 3.56. The Balaban J connectivity index is 1.32. The van der Waals surface area contributed by atoms with Gasteiger partial charge in [0, 0.05) is 17.3 Å². The monoisotopic (exact) mass is 413 g/mol. The number of hydrogen-bond acceptors (Lipinski definition) is 8. The van der Waals surface area contributed by atoms with Crippen molar-refractivity contribution in [3.63, 3.8) is 0 Å². The van der Waals surface area contributed by atoms with Crippen LogP contribution in [-0.4, -0.2) is 41.7 Å². The second-order valence-corrected chi connectivity index (χ2v) is 6.95. The molecule has 0 radical (unpaired) electrons. The van der Waals surface area contributed by atoms with E-state index in [9.17, 15) is 4.79 Å². The van der Waals surface area contributed by atoms with Crippen LogP contribution in [0.4, 0.5) is 5.69 Å². The average Bonchev–Trinajstić information content (AvgIpc) is 3.22. The van der Waals surface area contributed by atoms with E-state index < -0.39 is 0 Å². The van der Waals surface area contributed by atoms with Crippen molar-refractivity contribution < 1.29 is 23.4 Å². The summed E-state index contributed by atoms with van der Waals surface area (Å²) in [4.78, 5) is 12.2. The molecular formula is C20H19N3O5S. The van der Waals surface area contributed by atoms with Gasteiger partial charge in [-0.25, -0.2) is 0 Å².